The topological polar surface area (TPSA) is 93.0 Å². The minimum absolute atomic E-state index is 0.178. The fourth-order valence-corrected chi connectivity index (χ4v) is 4.28. The number of benzene rings is 3. The Balaban J connectivity index is 1.63. The van der Waals surface area contributed by atoms with E-state index in [0.29, 0.717) is 5.69 Å². The SMILES string of the molecule is O=C1[C@H]2[C@@H](ON(c3ccccc3)[C@H]2c2ccccc2[N+](=O)[O-])C(=O)N1c1ccc(F)cc1. The molecule has 3 aromatic carbocycles. The molecule has 0 N–H and O–H groups in total. The van der Waals surface area contributed by atoms with Crippen LogP contribution >= 0.6 is 0 Å². The number of nitro groups is 1. The number of carbonyl (C=O) groups is 2. The van der Waals surface area contributed by atoms with Crippen LogP contribution in [0.5, 0.6) is 0 Å². The van der Waals surface area contributed by atoms with E-state index < -0.39 is 40.6 Å². The number of halogens is 1. The first-order valence-electron chi connectivity index (χ1n) is 9.85. The number of hydrogen-bond donors (Lipinski definition) is 0. The van der Waals surface area contributed by atoms with Gasteiger partial charge in [-0.15, -0.1) is 0 Å². The van der Waals surface area contributed by atoms with Crippen molar-refractivity contribution in [2.75, 3.05) is 9.96 Å². The van der Waals surface area contributed by atoms with Gasteiger partial charge in [-0.25, -0.2) is 14.4 Å². The Labute approximate surface area is 181 Å². The summed E-state index contributed by atoms with van der Waals surface area (Å²) in [6.07, 6.45) is -1.17. The average Bonchev–Trinajstić information content (AvgIpc) is 3.31. The first-order chi connectivity index (χ1) is 15.5. The van der Waals surface area contributed by atoms with Crippen LogP contribution in [0.15, 0.2) is 78.9 Å². The zero-order valence-corrected chi connectivity index (χ0v) is 16.5. The van der Waals surface area contributed by atoms with Gasteiger partial charge in [0, 0.05) is 6.07 Å². The fourth-order valence-electron chi connectivity index (χ4n) is 4.28. The summed E-state index contributed by atoms with van der Waals surface area (Å²) in [5.41, 5.74) is 0.852. The maximum absolute atomic E-state index is 13.5. The standard InChI is InChI=1S/C23H16FN3O5/c24-14-10-12-15(13-11-14)25-22(28)19-20(17-8-4-5-9-18(17)27(30)31)26(32-21(19)23(25)29)16-6-2-1-3-7-16/h1-13,19-21H/t19-,20+,21-/m1/s1. The lowest BCUT2D eigenvalue weighted by Gasteiger charge is -2.28. The van der Waals surface area contributed by atoms with Gasteiger partial charge in [-0.05, 0) is 42.5 Å². The smallest absolute Gasteiger partial charge is 0.273 e. The van der Waals surface area contributed by atoms with E-state index in [-0.39, 0.29) is 16.9 Å². The van der Waals surface area contributed by atoms with Crippen molar-refractivity contribution in [3.8, 4) is 0 Å². The van der Waals surface area contributed by atoms with Gasteiger partial charge >= 0.3 is 0 Å². The number of hydrogen-bond acceptors (Lipinski definition) is 6. The molecule has 0 aliphatic carbocycles. The largest absolute Gasteiger partial charge is 0.274 e. The molecule has 2 heterocycles. The molecule has 2 saturated heterocycles. The number of para-hydroxylation sites is 2. The van der Waals surface area contributed by atoms with Crippen molar-refractivity contribution in [2.24, 2.45) is 5.92 Å². The van der Waals surface area contributed by atoms with Gasteiger partial charge in [0.15, 0.2) is 6.10 Å². The van der Waals surface area contributed by atoms with E-state index >= 15 is 0 Å². The van der Waals surface area contributed by atoms with E-state index in [2.05, 4.69) is 0 Å². The predicted octanol–water partition coefficient (Wildman–Crippen LogP) is 3.79. The molecule has 2 aliphatic rings. The summed E-state index contributed by atoms with van der Waals surface area (Å²) in [6, 6.07) is 18.9. The molecule has 2 amide bonds. The molecule has 3 aromatic rings. The average molecular weight is 433 g/mol. The second-order valence-electron chi connectivity index (χ2n) is 7.46. The van der Waals surface area contributed by atoms with Crippen molar-refractivity contribution in [1.29, 1.82) is 0 Å². The van der Waals surface area contributed by atoms with Gasteiger partial charge in [0.25, 0.3) is 11.6 Å². The summed E-state index contributed by atoms with van der Waals surface area (Å²) in [7, 11) is 0. The summed E-state index contributed by atoms with van der Waals surface area (Å²) in [4.78, 5) is 44.8. The first kappa shape index (κ1) is 19.8. The zero-order valence-electron chi connectivity index (χ0n) is 16.5. The molecule has 0 saturated carbocycles. The molecule has 5 rings (SSSR count). The normalized spacial score (nSPS) is 22.3. The van der Waals surface area contributed by atoms with E-state index in [9.17, 15) is 24.1 Å². The van der Waals surface area contributed by atoms with Gasteiger partial charge in [-0.1, -0.05) is 30.3 Å². The Morgan fingerprint density at radius 1 is 0.844 bits per heavy atom. The third-order valence-corrected chi connectivity index (χ3v) is 5.66. The van der Waals surface area contributed by atoms with Crippen LogP contribution in [-0.4, -0.2) is 22.8 Å². The molecule has 160 valence electrons. The lowest BCUT2D eigenvalue weighted by atomic mass is 9.89. The number of imide groups is 1. The van der Waals surface area contributed by atoms with E-state index in [1.165, 1.54) is 29.3 Å². The monoisotopic (exact) mass is 433 g/mol. The molecule has 0 radical (unpaired) electrons. The highest BCUT2D eigenvalue weighted by Crippen LogP contribution is 2.49. The minimum Gasteiger partial charge on any atom is -0.273 e. The summed E-state index contributed by atoms with van der Waals surface area (Å²) in [5.74, 6) is -2.69. The van der Waals surface area contributed by atoms with Gasteiger partial charge in [-0.2, -0.15) is 0 Å². The fraction of sp³-hybridized carbons (Fsp3) is 0.130. The van der Waals surface area contributed by atoms with E-state index in [4.69, 9.17) is 4.84 Å². The van der Waals surface area contributed by atoms with Gasteiger partial charge in [0.2, 0.25) is 5.91 Å². The Bertz CT molecular complexity index is 1220. The Hall–Kier alpha value is -4.11. The van der Waals surface area contributed by atoms with Crippen molar-refractivity contribution in [1.82, 2.24) is 0 Å². The highest BCUT2D eigenvalue weighted by Gasteiger charge is 2.61. The number of anilines is 2. The molecule has 0 spiro atoms. The van der Waals surface area contributed by atoms with E-state index in [0.717, 1.165) is 17.0 Å². The van der Waals surface area contributed by atoms with Gasteiger partial charge in [-0.3, -0.25) is 24.5 Å². The molecule has 8 nitrogen and oxygen atoms in total. The lowest BCUT2D eigenvalue weighted by Crippen LogP contribution is -2.37. The lowest BCUT2D eigenvalue weighted by molar-refractivity contribution is -0.385. The molecule has 2 aliphatic heterocycles. The van der Waals surface area contributed by atoms with Crippen LogP contribution in [0.2, 0.25) is 0 Å². The zero-order chi connectivity index (χ0) is 22.4. The second-order valence-corrected chi connectivity index (χ2v) is 7.46. The second kappa shape index (κ2) is 7.54. The quantitative estimate of drug-likeness (QED) is 0.353. The van der Waals surface area contributed by atoms with Gasteiger partial charge in [0.1, 0.15) is 17.8 Å². The van der Waals surface area contributed by atoms with Crippen LogP contribution < -0.4 is 9.96 Å². The number of nitro benzene ring substituents is 1. The predicted molar refractivity (Wildman–Crippen MR) is 112 cm³/mol. The van der Waals surface area contributed by atoms with Gasteiger partial charge in [0.05, 0.1) is 21.9 Å². The van der Waals surface area contributed by atoms with Gasteiger partial charge < -0.3 is 0 Å². The first-order valence-corrected chi connectivity index (χ1v) is 9.85. The van der Waals surface area contributed by atoms with Crippen molar-refractivity contribution >= 4 is 28.9 Å². The highest BCUT2D eigenvalue weighted by molar-refractivity contribution is 6.23. The molecule has 0 bridgehead atoms. The Morgan fingerprint density at radius 3 is 2.19 bits per heavy atom. The third kappa shape index (κ3) is 3.02. The summed E-state index contributed by atoms with van der Waals surface area (Å²) in [5, 5.41) is 13.1. The maximum atomic E-state index is 13.5. The van der Waals surface area contributed by atoms with Crippen LogP contribution in [0, 0.1) is 21.8 Å². The maximum Gasteiger partial charge on any atom is 0.274 e. The molecule has 32 heavy (non-hydrogen) atoms. The number of amides is 2. The van der Waals surface area contributed by atoms with Crippen LogP contribution in [0.4, 0.5) is 21.5 Å². The highest BCUT2D eigenvalue weighted by atomic mass is 19.1. The van der Waals surface area contributed by atoms with Crippen molar-refractivity contribution in [3.05, 3.63) is 100 Å². The summed E-state index contributed by atoms with van der Waals surface area (Å²) >= 11 is 0. The Kier molecular flexibility index (Phi) is 4.67. The molecular formula is C23H16FN3O5. The van der Waals surface area contributed by atoms with E-state index in [1.54, 1.807) is 42.5 Å². The van der Waals surface area contributed by atoms with Crippen LogP contribution in [0.3, 0.4) is 0 Å². The summed E-state index contributed by atoms with van der Waals surface area (Å²) < 4.78 is 13.4. The minimum atomic E-state index is -1.17. The van der Waals surface area contributed by atoms with Crippen molar-refractivity contribution in [2.45, 2.75) is 12.1 Å². The van der Waals surface area contributed by atoms with E-state index in [1.807, 2.05) is 0 Å². The number of rotatable bonds is 4. The van der Waals surface area contributed by atoms with Crippen molar-refractivity contribution < 1.29 is 23.7 Å². The molecular weight excluding hydrogens is 417 g/mol. The molecule has 0 aromatic heterocycles. The number of carbonyl (C=O) groups excluding carboxylic acids is 2. The summed E-state index contributed by atoms with van der Waals surface area (Å²) in [6.45, 7) is 0. The Morgan fingerprint density at radius 2 is 1.50 bits per heavy atom. The molecule has 9 heteroatoms. The van der Waals surface area contributed by atoms with Crippen LogP contribution in [-0.2, 0) is 14.4 Å². The van der Waals surface area contributed by atoms with Crippen molar-refractivity contribution in [3.63, 3.8) is 0 Å². The number of nitrogens with zero attached hydrogens (tertiary/aromatic N) is 3. The number of fused-ring (bicyclic) bond motifs is 1. The third-order valence-electron chi connectivity index (χ3n) is 5.66. The molecule has 3 atom stereocenters. The van der Waals surface area contributed by atoms with Crippen LogP contribution in [0.25, 0.3) is 0 Å². The number of hydroxylamine groups is 1. The van der Waals surface area contributed by atoms with Crippen LogP contribution in [0.1, 0.15) is 11.6 Å². The molecule has 0 unspecified atom stereocenters. The molecule has 2 fully saturated rings.